The number of nitrogens with one attached hydrogen (secondary N) is 1. The lowest BCUT2D eigenvalue weighted by Gasteiger charge is -2.20. The zero-order valence-corrected chi connectivity index (χ0v) is 20.9. The normalized spacial score (nSPS) is 13.7. The van der Waals surface area contributed by atoms with Crippen LogP contribution in [-0.4, -0.2) is 41.6 Å². The van der Waals surface area contributed by atoms with Gasteiger partial charge in [-0.05, 0) is 62.5 Å². The molecule has 1 amide bonds. The van der Waals surface area contributed by atoms with Crippen LogP contribution in [0.15, 0.2) is 46.8 Å². The van der Waals surface area contributed by atoms with Crippen LogP contribution in [0.3, 0.4) is 0 Å². The average Bonchev–Trinajstić information content (AvgIpc) is 3.21. The molecule has 0 atom stereocenters. The molecule has 0 aliphatic carbocycles. The van der Waals surface area contributed by atoms with E-state index < -0.39 is 0 Å². The smallest absolute Gasteiger partial charge is 0.262 e. The Bertz CT molecular complexity index is 1220. The van der Waals surface area contributed by atoms with Crippen LogP contribution < -0.4 is 14.9 Å². The van der Waals surface area contributed by atoms with Gasteiger partial charge in [-0.3, -0.25) is 4.79 Å². The number of benzene rings is 2. The molecule has 9 heteroatoms. The monoisotopic (exact) mass is 504 g/mol. The summed E-state index contributed by atoms with van der Waals surface area (Å²) in [4.78, 5) is 19.9. The van der Waals surface area contributed by atoms with Gasteiger partial charge in [0.25, 0.3) is 5.91 Å². The summed E-state index contributed by atoms with van der Waals surface area (Å²) in [5.41, 5.74) is 3.48. The number of hydrogen-bond donors (Lipinski definition) is 1. The lowest BCUT2D eigenvalue weighted by Crippen LogP contribution is -2.26. The van der Waals surface area contributed by atoms with E-state index in [0.29, 0.717) is 21.5 Å². The molecule has 0 radical (unpaired) electrons. The number of thiazole rings is 1. The highest BCUT2D eigenvalue weighted by atomic mass is 35.5. The van der Waals surface area contributed by atoms with Crippen LogP contribution >= 0.6 is 34.5 Å². The van der Waals surface area contributed by atoms with Gasteiger partial charge in [0.15, 0.2) is 11.4 Å². The summed E-state index contributed by atoms with van der Waals surface area (Å²) in [6, 6.07) is 11.3. The molecule has 2 aromatic carbocycles. The fourth-order valence-corrected chi connectivity index (χ4v) is 5.01. The van der Waals surface area contributed by atoms with Gasteiger partial charge in [0.2, 0.25) is 0 Å². The third-order valence-electron chi connectivity index (χ3n) is 5.58. The van der Waals surface area contributed by atoms with Crippen LogP contribution in [0.4, 0.5) is 11.4 Å². The second kappa shape index (κ2) is 10.7. The largest absolute Gasteiger partial charge is 0.482 e. The maximum absolute atomic E-state index is 11.8. The number of carbonyl (C=O) groups excluding carboxylic acids is 1. The molecule has 0 saturated carbocycles. The van der Waals surface area contributed by atoms with E-state index in [9.17, 15) is 4.79 Å². The standard InChI is InChI=1S/C24H26Cl2N4O2S/c1-3-29(4-2)10-5-11-30-21(16-6-9-22-20(12-16)28-23(31)14-32-22)15-33-24(30)27-17-7-8-18(25)19(26)13-17/h6-9,12-13,15H,3-5,10-11,14H2,1-2H3,(H,28,31). The number of anilines is 1. The molecular formula is C24H26Cl2N4O2S. The number of hydrogen-bond acceptors (Lipinski definition) is 5. The number of halogens is 2. The van der Waals surface area contributed by atoms with Crippen molar-refractivity contribution in [3.63, 3.8) is 0 Å². The first-order valence-electron chi connectivity index (χ1n) is 11.0. The predicted octanol–water partition coefficient (Wildman–Crippen LogP) is 5.82. The van der Waals surface area contributed by atoms with E-state index in [-0.39, 0.29) is 12.5 Å². The summed E-state index contributed by atoms with van der Waals surface area (Å²) in [6.45, 7) is 8.29. The summed E-state index contributed by atoms with van der Waals surface area (Å²) >= 11 is 13.8. The molecule has 0 spiro atoms. The van der Waals surface area contributed by atoms with Crippen molar-refractivity contribution in [3.05, 3.63) is 56.6 Å². The topological polar surface area (TPSA) is 58.9 Å². The molecule has 1 aromatic heterocycles. The van der Waals surface area contributed by atoms with Crippen molar-refractivity contribution in [1.82, 2.24) is 9.47 Å². The van der Waals surface area contributed by atoms with E-state index in [4.69, 9.17) is 32.9 Å². The molecule has 174 valence electrons. The van der Waals surface area contributed by atoms with Gasteiger partial charge in [-0.2, -0.15) is 0 Å². The molecule has 0 unspecified atom stereocenters. The highest BCUT2D eigenvalue weighted by Gasteiger charge is 2.18. The highest BCUT2D eigenvalue weighted by molar-refractivity contribution is 7.07. The van der Waals surface area contributed by atoms with Gasteiger partial charge in [0, 0.05) is 17.5 Å². The first-order valence-corrected chi connectivity index (χ1v) is 12.6. The fraction of sp³-hybridized carbons (Fsp3) is 0.333. The van der Waals surface area contributed by atoms with Crippen LogP contribution in [0.2, 0.25) is 10.0 Å². The predicted molar refractivity (Wildman–Crippen MR) is 136 cm³/mol. The van der Waals surface area contributed by atoms with Crippen molar-refractivity contribution >= 4 is 51.8 Å². The molecule has 0 bridgehead atoms. The lowest BCUT2D eigenvalue weighted by atomic mass is 10.1. The second-order valence-corrected chi connectivity index (χ2v) is 9.34. The fourth-order valence-electron chi connectivity index (χ4n) is 3.77. The third kappa shape index (κ3) is 5.61. The number of carbonyl (C=O) groups is 1. The average molecular weight is 505 g/mol. The Morgan fingerprint density at radius 1 is 1.15 bits per heavy atom. The van der Waals surface area contributed by atoms with Crippen molar-refractivity contribution in [2.75, 3.05) is 31.6 Å². The van der Waals surface area contributed by atoms with Gasteiger partial charge < -0.3 is 19.5 Å². The minimum absolute atomic E-state index is 0.0445. The van der Waals surface area contributed by atoms with Gasteiger partial charge in [-0.25, -0.2) is 4.99 Å². The Labute approximate surface area is 207 Å². The molecule has 1 aliphatic rings. The van der Waals surface area contributed by atoms with E-state index in [1.807, 2.05) is 24.3 Å². The van der Waals surface area contributed by atoms with E-state index in [1.54, 1.807) is 23.5 Å². The number of fused-ring (bicyclic) bond motifs is 1. The SMILES string of the molecule is CCN(CC)CCCn1c(-c2ccc3c(c2)NC(=O)CO3)csc1=Nc1ccc(Cl)c(Cl)c1. The number of aromatic nitrogens is 1. The van der Waals surface area contributed by atoms with Gasteiger partial charge in [-0.1, -0.05) is 37.0 Å². The van der Waals surface area contributed by atoms with Crippen LogP contribution in [0, 0.1) is 0 Å². The van der Waals surface area contributed by atoms with Crippen molar-refractivity contribution in [1.29, 1.82) is 0 Å². The minimum atomic E-state index is -0.146. The number of nitrogens with zero attached hydrogens (tertiary/aromatic N) is 3. The summed E-state index contributed by atoms with van der Waals surface area (Å²) < 4.78 is 7.74. The zero-order chi connectivity index (χ0) is 23.4. The summed E-state index contributed by atoms with van der Waals surface area (Å²) in [5, 5.41) is 5.98. The molecule has 0 saturated heterocycles. The van der Waals surface area contributed by atoms with Crippen molar-refractivity contribution in [2.24, 2.45) is 4.99 Å². The molecule has 4 rings (SSSR count). The first-order chi connectivity index (χ1) is 16.0. The molecular weight excluding hydrogens is 479 g/mol. The molecule has 33 heavy (non-hydrogen) atoms. The maximum atomic E-state index is 11.8. The quantitative estimate of drug-likeness (QED) is 0.420. The van der Waals surface area contributed by atoms with Crippen LogP contribution in [0.5, 0.6) is 5.75 Å². The molecule has 2 heterocycles. The van der Waals surface area contributed by atoms with Gasteiger partial charge in [0.1, 0.15) is 5.75 Å². The van der Waals surface area contributed by atoms with Crippen molar-refractivity contribution in [3.8, 4) is 17.0 Å². The Balaban J connectivity index is 1.72. The molecule has 0 fully saturated rings. The van der Waals surface area contributed by atoms with Crippen LogP contribution in [-0.2, 0) is 11.3 Å². The molecule has 3 aromatic rings. The number of rotatable bonds is 8. The van der Waals surface area contributed by atoms with Gasteiger partial charge in [-0.15, -0.1) is 11.3 Å². The molecule has 6 nitrogen and oxygen atoms in total. The Morgan fingerprint density at radius 3 is 2.73 bits per heavy atom. The van der Waals surface area contributed by atoms with Gasteiger partial charge in [0.05, 0.1) is 27.1 Å². The zero-order valence-electron chi connectivity index (χ0n) is 18.6. The van der Waals surface area contributed by atoms with E-state index in [1.165, 1.54) is 0 Å². The molecule has 1 aliphatic heterocycles. The lowest BCUT2D eigenvalue weighted by molar-refractivity contribution is -0.118. The second-order valence-electron chi connectivity index (χ2n) is 7.69. The van der Waals surface area contributed by atoms with Crippen LogP contribution in [0.1, 0.15) is 20.3 Å². The van der Waals surface area contributed by atoms with E-state index in [0.717, 1.165) is 54.3 Å². The number of ether oxygens (including phenoxy) is 1. The number of amides is 1. The minimum Gasteiger partial charge on any atom is -0.482 e. The Hall–Kier alpha value is -2.32. The van der Waals surface area contributed by atoms with E-state index >= 15 is 0 Å². The highest BCUT2D eigenvalue weighted by Crippen LogP contribution is 2.33. The van der Waals surface area contributed by atoms with Crippen molar-refractivity contribution < 1.29 is 9.53 Å². The molecule has 1 N–H and O–H groups in total. The van der Waals surface area contributed by atoms with Crippen LogP contribution in [0.25, 0.3) is 11.3 Å². The first kappa shape index (κ1) is 23.8. The Kier molecular flexibility index (Phi) is 7.75. The van der Waals surface area contributed by atoms with Gasteiger partial charge >= 0.3 is 0 Å². The summed E-state index contributed by atoms with van der Waals surface area (Å²) in [7, 11) is 0. The summed E-state index contributed by atoms with van der Waals surface area (Å²) in [6.07, 6.45) is 0.991. The maximum Gasteiger partial charge on any atom is 0.262 e. The third-order valence-corrected chi connectivity index (χ3v) is 7.19. The summed E-state index contributed by atoms with van der Waals surface area (Å²) in [5.74, 6) is 0.537. The van der Waals surface area contributed by atoms with E-state index in [2.05, 4.69) is 34.0 Å². The van der Waals surface area contributed by atoms with Crippen molar-refractivity contribution in [2.45, 2.75) is 26.8 Å². The Morgan fingerprint density at radius 2 is 1.97 bits per heavy atom.